The molecule has 2 aliphatic rings. The topological polar surface area (TPSA) is 195 Å². The van der Waals surface area contributed by atoms with E-state index in [0.29, 0.717) is 0 Å². The van der Waals surface area contributed by atoms with E-state index >= 15 is 0 Å². The minimum atomic E-state index is -1.71. The number of hydrogen-bond acceptors (Lipinski definition) is 17. The molecule has 0 radical (unpaired) electrons. The van der Waals surface area contributed by atoms with Crippen LogP contribution in [0, 0.1) is 0 Å². The molecular weight excluding hydrogens is 1020 g/mol. The number of thioether (sulfide) groups is 1. The molecule has 17 heteroatoms. The molecule has 0 aromatic heterocycles. The molecule has 0 spiro atoms. The molecule has 7 aromatic rings. The van der Waals surface area contributed by atoms with E-state index in [9.17, 15) is 28.8 Å². The van der Waals surface area contributed by atoms with Crippen LogP contribution in [0.15, 0.2) is 217 Å². The molecule has 2 saturated heterocycles. The van der Waals surface area contributed by atoms with Gasteiger partial charge in [-0.1, -0.05) is 127 Å². The largest absolute Gasteiger partial charge is 0.452 e. The van der Waals surface area contributed by atoms with E-state index in [-0.39, 0.29) is 39.1 Å². The van der Waals surface area contributed by atoms with Gasteiger partial charge in [0, 0.05) is 17.8 Å². The van der Waals surface area contributed by atoms with Gasteiger partial charge in [-0.25, -0.2) is 28.8 Å². The van der Waals surface area contributed by atoms with Crippen molar-refractivity contribution in [1.29, 1.82) is 0 Å². The van der Waals surface area contributed by atoms with E-state index in [1.165, 1.54) is 79.5 Å². The first-order valence-electron chi connectivity index (χ1n) is 24.8. The van der Waals surface area contributed by atoms with Crippen LogP contribution in [0.4, 0.5) is 0 Å². The number of carbonyl (C=O) groups excluding carboxylic acids is 6. The Labute approximate surface area is 453 Å². The van der Waals surface area contributed by atoms with Gasteiger partial charge in [0.15, 0.2) is 49.2 Å². The van der Waals surface area contributed by atoms with Crippen molar-refractivity contribution in [2.45, 2.75) is 66.3 Å². The van der Waals surface area contributed by atoms with E-state index in [1.54, 1.807) is 121 Å². The number of benzene rings is 7. The van der Waals surface area contributed by atoms with Crippen LogP contribution in [0.25, 0.3) is 0 Å². The maximum Gasteiger partial charge on any atom is 0.338 e. The average molecular weight is 1070 g/mol. The number of methoxy groups -OCH3 is 1. The van der Waals surface area contributed by atoms with Crippen LogP contribution in [0.5, 0.6) is 0 Å². The molecule has 16 nitrogen and oxygen atoms in total. The molecular formula is C61H52O16S. The molecule has 7 aromatic carbocycles. The first-order valence-corrected chi connectivity index (χ1v) is 25.8. The van der Waals surface area contributed by atoms with Gasteiger partial charge < -0.3 is 47.4 Å². The Balaban J connectivity index is 1.13. The smallest absolute Gasteiger partial charge is 0.338 e. The number of rotatable bonds is 19. The molecule has 0 amide bonds. The van der Waals surface area contributed by atoms with Crippen molar-refractivity contribution < 1.29 is 76.1 Å². The van der Waals surface area contributed by atoms with Crippen molar-refractivity contribution in [1.82, 2.24) is 0 Å². The second kappa shape index (κ2) is 26.5. The van der Waals surface area contributed by atoms with Gasteiger partial charge in [-0.05, 0) is 84.9 Å². The third kappa shape index (κ3) is 13.7. The van der Waals surface area contributed by atoms with Gasteiger partial charge in [-0.15, -0.1) is 11.8 Å². The van der Waals surface area contributed by atoms with Gasteiger partial charge in [0.1, 0.15) is 12.2 Å². The monoisotopic (exact) mass is 1070 g/mol. The predicted octanol–water partition coefficient (Wildman–Crippen LogP) is 9.25. The summed E-state index contributed by atoms with van der Waals surface area (Å²) in [6.07, 6.45) is -15.5. The van der Waals surface area contributed by atoms with Crippen molar-refractivity contribution in [3.63, 3.8) is 0 Å². The quantitative estimate of drug-likeness (QED) is 0.0422. The molecule has 78 heavy (non-hydrogen) atoms. The number of esters is 6. The van der Waals surface area contributed by atoms with Gasteiger partial charge in [-0.3, -0.25) is 0 Å². The highest BCUT2D eigenvalue weighted by Gasteiger charge is 2.56. The summed E-state index contributed by atoms with van der Waals surface area (Å²) in [5.74, 6) is -5.08. The summed E-state index contributed by atoms with van der Waals surface area (Å²) in [6, 6.07) is 57.6. The highest BCUT2D eigenvalue weighted by molar-refractivity contribution is 7.99. The molecule has 10 atom stereocenters. The second-order valence-corrected chi connectivity index (χ2v) is 18.8. The van der Waals surface area contributed by atoms with Crippen LogP contribution in [-0.4, -0.2) is 117 Å². The Hall–Kier alpha value is -8.45. The summed E-state index contributed by atoms with van der Waals surface area (Å²) in [5, 5.41) is 0. The minimum absolute atomic E-state index is 0.0598. The van der Waals surface area contributed by atoms with Gasteiger partial charge in [0.05, 0.1) is 40.0 Å². The zero-order chi connectivity index (χ0) is 54.2. The molecule has 398 valence electrons. The van der Waals surface area contributed by atoms with Crippen LogP contribution in [-0.2, 0) is 47.4 Å². The maximum absolute atomic E-state index is 14.3. The Morgan fingerprint density at radius 3 is 0.949 bits per heavy atom. The van der Waals surface area contributed by atoms with Crippen molar-refractivity contribution in [3.8, 4) is 0 Å². The second-order valence-electron chi connectivity index (χ2n) is 17.7. The van der Waals surface area contributed by atoms with E-state index in [0.717, 1.165) is 4.90 Å². The predicted molar refractivity (Wildman–Crippen MR) is 281 cm³/mol. The first-order chi connectivity index (χ1) is 38.1. The van der Waals surface area contributed by atoms with Crippen molar-refractivity contribution >= 4 is 47.6 Å². The van der Waals surface area contributed by atoms with E-state index in [4.69, 9.17) is 47.4 Å². The van der Waals surface area contributed by atoms with Crippen molar-refractivity contribution in [2.24, 2.45) is 0 Å². The summed E-state index contributed by atoms with van der Waals surface area (Å²) in [7, 11) is 1.28. The molecule has 2 fully saturated rings. The van der Waals surface area contributed by atoms with Gasteiger partial charge in [0.2, 0.25) is 0 Å². The summed E-state index contributed by atoms with van der Waals surface area (Å²) in [5.41, 5.74) is 0.770. The van der Waals surface area contributed by atoms with Crippen LogP contribution in [0.1, 0.15) is 62.1 Å². The fraction of sp³-hybridized carbons (Fsp3) is 0.213. The molecule has 9 rings (SSSR count). The van der Waals surface area contributed by atoms with Crippen LogP contribution in [0.2, 0.25) is 0 Å². The molecule has 0 unspecified atom stereocenters. The Morgan fingerprint density at radius 1 is 0.346 bits per heavy atom. The molecule has 0 saturated carbocycles. The summed E-state index contributed by atoms with van der Waals surface area (Å²) < 4.78 is 63.3. The molecule has 0 bridgehead atoms. The lowest BCUT2D eigenvalue weighted by atomic mass is 9.97. The van der Waals surface area contributed by atoms with Crippen molar-refractivity contribution in [2.75, 3.05) is 19.5 Å². The fourth-order valence-corrected chi connectivity index (χ4v) is 9.61. The minimum Gasteiger partial charge on any atom is -0.452 e. The third-order valence-corrected chi connectivity index (χ3v) is 13.6. The number of hydrogen-bond donors (Lipinski definition) is 0. The highest BCUT2D eigenvalue weighted by Crippen LogP contribution is 2.36. The van der Waals surface area contributed by atoms with Crippen LogP contribution >= 0.6 is 11.8 Å². The van der Waals surface area contributed by atoms with Crippen molar-refractivity contribution in [3.05, 3.63) is 246 Å². The standard InChI is InChI=1S/C61H52O16S/c1-68-60-52(76-58(66)43-31-17-6-18-32-43)50(74-56(64)41-27-13-4-14-28-41)48(72-54(62)39-23-9-2-10-24-39)46(70-60)37-69-61-53(77-59(67)44-33-19-7-20-34-44)51(75-57(65)42-29-15-5-16-30-42)49(73-55(63)40-25-11-3-12-26-40)47(71-61)38-78-45-35-21-8-22-36-45/h2-36,46-53,60-61H,37-38H2,1H3/t46-,47-,48-,49+,50+,51+,52-,53-,60+,61-/m1/s1. The molecule has 0 N–H and O–H groups in total. The lowest BCUT2D eigenvalue weighted by Crippen LogP contribution is -2.65. The molecule has 0 aliphatic carbocycles. The Kier molecular flexibility index (Phi) is 18.5. The Bertz CT molecular complexity index is 3080. The summed E-state index contributed by atoms with van der Waals surface area (Å²) in [4.78, 5) is 85.8. The number of carbonyl (C=O) groups is 6. The van der Waals surface area contributed by atoms with E-state index in [1.807, 2.05) is 30.3 Å². The lowest BCUT2D eigenvalue weighted by molar-refractivity contribution is -0.321. The van der Waals surface area contributed by atoms with Gasteiger partial charge in [-0.2, -0.15) is 0 Å². The first kappa shape index (κ1) is 54.3. The van der Waals surface area contributed by atoms with Crippen LogP contribution < -0.4 is 0 Å². The molecule has 2 aliphatic heterocycles. The van der Waals surface area contributed by atoms with E-state index < -0.39 is 104 Å². The fourth-order valence-electron chi connectivity index (χ4n) is 8.63. The SMILES string of the molecule is CO[C@H]1O[C@H](CO[C@@H]2O[C@H](CSc3ccccc3)[C@H](OC(=O)c3ccccc3)[C@H](OC(=O)c3ccccc3)[C@H]2OC(=O)c2ccccc2)[C@@H](OC(=O)c2ccccc2)[C@H](OC(=O)c2ccccc2)[C@H]1OC(=O)c1ccccc1. The summed E-state index contributed by atoms with van der Waals surface area (Å²) >= 11 is 1.34. The summed E-state index contributed by atoms with van der Waals surface area (Å²) in [6.45, 7) is -0.623. The average Bonchev–Trinajstić information content (AvgIpc) is 3.62. The zero-order valence-corrected chi connectivity index (χ0v) is 42.7. The Morgan fingerprint density at radius 2 is 0.615 bits per heavy atom. The van der Waals surface area contributed by atoms with Gasteiger partial charge >= 0.3 is 35.8 Å². The zero-order valence-electron chi connectivity index (χ0n) is 41.8. The lowest BCUT2D eigenvalue weighted by Gasteiger charge is -2.46. The van der Waals surface area contributed by atoms with Crippen LogP contribution in [0.3, 0.4) is 0 Å². The normalized spacial score (nSPS) is 22.6. The third-order valence-electron chi connectivity index (χ3n) is 12.5. The van der Waals surface area contributed by atoms with Gasteiger partial charge in [0.25, 0.3) is 0 Å². The maximum atomic E-state index is 14.3. The number of ether oxygens (including phenoxy) is 10. The molecule has 2 heterocycles. The highest BCUT2D eigenvalue weighted by atomic mass is 32.2. The van der Waals surface area contributed by atoms with E-state index in [2.05, 4.69) is 0 Å².